The maximum absolute atomic E-state index is 4.35. The number of hydrogen-bond donors (Lipinski definition) is 0. The van der Waals surface area contributed by atoms with E-state index in [-0.39, 0.29) is 0 Å². The van der Waals surface area contributed by atoms with Crippen molar-refractivity contribution in [1.82, 2.24) is 4.90 Å². The fraction of sp³-hybridized carbons (Fsp3) is 0.300. The van der Waals surface area contributed by atoms with Gasteiger partial charge in [-0.2, -0.15) is 4.40 Å². The van der Waals surface area contributed by atoms with Gasteiger partial charge in [0.2, 0.25) is 0 Å². The summed E-state index contributed by atoms with van der Waals surface area (Å²) in [5.41, 5.74) is 1.15. The summed E-state index contributed by atoms with van der Waals surface area (Å²) >= 11 is 1.48. The van der Waals surface area contributed by atoms with Crippen LogP contribution in [0.5, 0.6) is 0 Å². The molecule has 0 radical (unpaired) electrons. The summed E-state index contributed by atoms with van der Waals surface area (Å²) in [7, 11) is 4.00. The van der Waals surface area contributed by atoms with E-state index in [2.05, 4.69) is 16.5 Å². The molecule has 13 heavy (non-hydrogen) atoms. The van der Waals surface area contributed by atoms with Crippen LogP contribution in [0, 0.1) is 0 Å². The summed E-state index contributed by atoms with van der Waals surface area (Å²) in [5, 5.41) is 0. The Hall–Kier alpha value is -0.960. The number of amidine groups is 1. The van der Waals surface area contributed by atoms with Gasteiger partial charge in [0, 0.05) is 25.9 Å². The highest BCUT2D eigenvalue weighted by molar-refractivity contribution is 7.97. The summed E-state index contributed by atoms with van der Waals surface area (Å²) in [5.74, 6) is 1.01. The molecule has 0 aliphatic rings. The summed E-state index contributed by atoms with van der Waals surface area (Å²) in [6, 6.07) is 10.2. The molecule has 0 unspecified atom stereocenters. The van der Waals surface area contributed by atoms with Gasteiger partial charge >= 0.3 is 0 Å². The molecule has 0 amide bonds. The molecule has 2 nitrogen and oxygen atoms in total. The first-order chi connectivity index (χ1) is 6.25. The van der Waals surface area contributed by atoms with E-state index in [1.54, 1.807) is 0 Å². The quantitative estimate of drug-likeness (QED) is 0.408. The van der Waals surface area contributed by atoms with Crippen molar-refractivity contribution >= 4 is 17.8 Å². The Balaban J connectivity index is 2.96. The van der Waals surface area contributed by atoms with E-state index in [1.807, 2.05) is 43.5 Å². The van der Waals surface area contributed by atoms with E-state index in [0.29, 0.717) is 0 Å². The first-order valence-corrected chi connectivity index (χ1v) is 5.27. The first-order valence-electron chi connectivity index (χ1n) is 4.09. The molecule has 0 bridgehead atoms. The second-order valence-corrected chi connectivity index (χ2v) is 3.41. The van der Waals surface area contributed by atoms with Crippen molar-refractivity contribution in [3.8, 4) is 0 Å². The third-order valence-corrected chi connectivity index (χ3v) is 1.99. The average Bonchev–Trinajstić information content (AvgIpc) is 2.15. The van der Waals surface area contributed by atoms with Gasteiger partial charge in [-0.15, -0.1) is 0 Å². The number of nitrogens with zero attached hydrogens (tertiary/aromatic N) is 2. The van der Waals surface area contributed by atoms with Gasteiger partial charge in [0.1, 0.15) is 5.84 Å². The van der Waals surface area contributed by atoms with Crippen LogP contribution in [-0.4, -0.2) is 31.1 Å². The Kier molecular flexibility index (Phi) is 3.83. The van der Waals surface area contributed by atoms with Gasteiger partial charge in [0.05, 0.1) is 0 Å². The van der Waals surface area contributed by atoms with Gasteiger partial charge in [-0.3, -0.25) is 0 Å². The van der Waals surface area contributed by atoms with E-state index >= 15 is 0 Å². The zero-order valence-corrected chi connectivity index (χ0v) is 9.01. The lowest BCUT2D eigenvalue weighted by molar-refractivity contribution is 0.626. The molecule has 0 fully saturated rings. The predicted octanol–water partition coefficient (Wildman–Crippen LogP) is 2.27. The minimum Gasteiger partial charge on any atom is -0.362 e. The van der Waals surface area contributed by atoms with Crippen molar-refractivity contribution in [2.75, 3.05) is 20.4 Å². The van der Waals surface area contributed by atoms with Crippen LogP contribution < -0.4 is 0 Å². The van der Waals surface area contributed by atoms with Crippen LogP contribution in [0.3, 0.4) is 0 Å². The second kappa shape index (κ2) is 4.92. The molecule has 1 aromatic carbocycles. The molecule has 0 heterocycles. The summed E-state index contributed by atoms with van der Waals surface area (Å²) < 4.78 is 4.35. The molecule has 0 spiro atoms. The van der Waals surface area contributed by atoms with Gasteiger partial charge < -0.3 is 4.90 Å². The van der Waals surface area contributed by atoms with Gasteiger partial charge in [-0.1, -0.05) is 30.3 Å². The van der Waals surface area contributed by atoms with Gasteiger partial charge in [0.25, 0.3) is 0 Å². The fourth-order valence-corrected chi connectivity index (χ4v) is 1.51. The predicted molar refractivity (Wildman–Crippen MR) is 60.2 cm³/mol. The Bertz CT molecular complexity index is 280. The zero-order valence-electron chi connectivity index (χ0n) is 8.19. The molecule has 70 valence electrons. The Morgan fingerprint density at radius 3 is 2.31 bits per heavy atom. The van der Waals surface area contributed by atoms with Crippen LogP contribution in [0.1, 0.15) is 5.56 Å². The average molecular weight is 194 g/mol. The van der Waals surface area contributed by atoms with Gasteiger partial charge in [0.15, 0.2) is 0 Å². The van der Waals surface area contributed by atoms with Gasteiger partial charge in [-0.05, 0) is 11.9 Å². The molecule has 0 N–H and O–H groups in total. The number of benzene rings is 1. The standard InChI is InChI=1S/C10H14N2S/c1-12(2)10(11-13-3)9-7-5-4-6-8-9/h4-8H,1-3H3/b11-10-. The minimum atomic E-state index is 1.01. The van der Waals surface area contributed by atoms with E-state index < -0.39 is 0 Å². The van der Waals surface area contributed by atoms with Crippen molar-refractivity contribution in [2.45, 2.75) is 0 Å². The lowest BCUT2D eigenvalue weighted by atomic mass is 10.2. The molecule has 1 aromatic rings. The highest BCUT2D eigenvalue weighted by atomic mass is 32.2. The van der Waals surface area contributed by atoms with Crippen molar-refractivity contribution in [3.63, 3.8) is 0 Å². The Labute approximate surface area is 83.8 Å². The highest BCUT2D eigenvalue weighted by Crippen LogP contribution is 2.07. The molecular weight excluding hydrogens is 180 g/mol. The van der Waals surface area contributed by atoms with Crippen LogP contribution >= 0.6 is 11.9 Å². The van der Waals surface area contributed by atoms with Crippen molar-refractivity contribution in [1.29, 1.82) is 0 Å². The molecule has 0 atom stereocenters. The largest absolute Gasteiger partial charge is 0.362 e. The van der Waals surface area contributed by atoms with Crippen LogP contribution in [-0.2, 0) is 0 Å². The third-order valence-electron chi connectivity index (χ3n) is 1.63. The maximum atomic E-state index is 4.35. The zero-order chi connectivity index (χ0) is 9.68. The topological polar surface area (TPSA) is 15.6 Å². The fourth-order valence-electron chi connectivity index (χ4n) is 1.07. The number of hydrogen-bond acceptors (Lipinski definition) is 2. The van der Waals surface area contributed by atoms with E-state index in [4.69, 9.17) is 0 Å². The van der Waals surface area contributed by atoms with Crippen LogP contribution in [0.15, 0.2) is 34.7 Å². The number of rotatable bonds is 2. The summed E-state index contributed by atoms with van der Waals surface area (Å²) in [6.07, 6.45) is 1.96. The Morgan fingerprint density at radius 1 is 1.23 bits per heavy atom. The first kappa shape index (κ1) is 10.1. The maximum Gasteiger partial charge on any atom is 0.143 e. The molecule has 0 saturated carbocycles. The normalized spacial score (nSPS) is 11.5. The van der Waals surface area contributed by atoms with Crippen molar-refractivity contribution in [3.05, 3.63) is 35.9 Å². The van der Waals surface area contributed by atoms with E-state index in [1.165, 1.54) is 11.9 Å². The summed E-state index contributed by atoms with van der Waals surface area (Å²) in [4.78, 5) is 2.02. The summed E-state index contributed by atoms with van der Waals surface area (Å²) in [6.45, 7) is 0. The SMILES string of the molecule is CS/N=C(/c1ccccc1)N(C)C. The minimum absolute atomic E-state index is 1.01. The van der Waals surface area contributed by atoms with Crippen LogP contribution in [0.4, 0.5) is 0 Å². The molecule has 0 saturated heterocycles. The Morgan fingerprint density at radius 2 is 1.85 bits per heavy atom. The molecule has 3 heteroatoms. The van der Waals surface area contributed by atoms with Crippen molar-refractivity contribution < 1.29 is 0 Å². The van der Waals surface area contributed by atoms with Crippen LogP contribution in [0.2, 0.25) is 0 Å². The molecular formula is C10H14N2S. The molecule has 0 aliphatic heterocycles. The van der Waals surface area contributed by atoms with Gasteiger partial charge in [-0.25, -0.2) is 0 Å². The smallest absolute Gasteiger partial charge is 0.143 e. The molecule has 0 aliphatic carbocycles. The molecule has 0 aromatic heterocycles. The second-order valence-electron chi connectivity index (χ2n) is 2.86. The lowest BCUT2D eigenvalue weighted by Gasteiger charge is -2.14. The monoisotopic (exact) mass is 194 g/mol. The third kappa shape index (κ3) is 2.77. The van der Waals surface area contributed by atoms with Crippen LogP contribution in [0.25, 0.3) is 0 Å². The van der Waals surface area contributed by atoms with E-state index in [0.717, 1.165) is 11.4 Å². The van der Waals surface area contributed by atoms with E-state index in [9.17, 15) is 0 Å². The van der Waals surface area contributed by atoms with Crippen molar-refractivity contribution in [2.24, 2.45) is 4.40 Å². The highest BCUT2D eigenvalue weighted by Gasteiger charge is 2.03. The molecule has 1 rings (SSSR count). The lowest BCUT2D eigenvalue weighted by Crippen LogP contribution is -2.22.